The second kappa shape index (κ2) is 10.6. The molecular formula is C23H26F3N3O5S. The van der Waals surface area contributed by atoms with Crippen LogP contribution in [0, 0.1) is 13.8 Å². The molecule has 0 bridgehead atoms. The van der Waals surface area contributed by atoms with E-state index in [1.165, 1.54) is 24.3 Å². The average molecular weight is 514 g/mol. The summed E-state index contributed by atoms with van der Waals surface area (Å²) in [5.41, 5.74) is 3.48. The van der Waals surface area contributed by atoms with Gasteiger partial charge in [0.1, 0.15) is 18.5 Å². The number of rotatable bonds is 10. The van der Waals surface area contributed by atoms with E-state index in [4.69, 9.17) is 4.74 Å². The number of anilines is 1. The molecule has 3 rings (SSSR count). The standard InChI is InChI=1S/C23H26F3N3O5S/c1-14-15(2)28-20-12-18(7-8-19(14)20)33-10-9-27-13-21(34-22(30)23(24,25)26)16-5-4-6-17(11-16)29-35(3,31)32/h4-8,11-12,21,27-29H,9-10,13H2,1-3H3. The quantitative estimate of drug-likeness (QED) is 0.280. The van der Waals surface area contributed by atoms with Crippen LogP contribution in [0.25, 0.3) is 10.9 Å². The Morgan fingerprint density at radius 2 is 1.89 bits per heavy atom. The third-order valence-corrected chi connectivity index (χ3v) is 5.81. The number of halogens is 3. The number of aromatic amines is 1. The van der Waals surface area contributed by atoms with Gasteiger partial charge in [0, 0.05) is 41.4 Å². The zero-order valence-electron chi connectivity index (χ0n) is 19.3. The molecule has 0 amide bonds. The number of carbonyl (C=O) groups is 1. The molecule has 0 radical (unpaired) electrons. The predicted molar refractivity (Wildman–Crippen MR) is 126 cm³/mol. The Balaban J connectivity index is 1.62. The molecule has 0 aliphatic heterocycles. The van der Waals surface area contributed by atoms with E-state index in [1.54, 1.807) is 0 Å². The van der Waals surface area contributed by atoms with Gasteiger partial charge in [-0.15, -0.1) is 0 Å². The van der Waals surface area contributed by atoms with Crippen LogP contribution < -0.4 is 14.8 Å². The number of benzene rings is 2. The smallest absolute Gasteiger partial charge is 0.490 e. The van der Waals surface area contributed by atoms with Crippen LogP contribution in [-0.2, 0) is 19.6 Å². The fourth-order valence-electron chi connectivity index (χ4n) is 3.46. The second-order valence-electron chi connectivity index (χ2n) is 8.03. The molecule has 1 atom stereocenters. The number of hydrogen-bond donors (Lipinski definition) is 3. The minimum Gasteiger partial charge on any atom is -0.492 e. The van der Waals surface area contributed by atoms with Crippen LogP contribution in [-0.4, -0.2) is 51.5 Å². The van der Waals surface area contributed by atoms with Crippen LogP contribution in [0.3, 0.4) is 0 Å². The third kappa shape index (κ3) is 7.36. The van der Waals surface area contributed by atoms with E-state index >= 15 is 0 Å². The number of fused-ring (bicyclic) bond motifs is 1. The molecule has 0 saturated heterocycles. The van der Waals surface area contributed by atoms with Crippen LogP contribution in [0.1, 0.15) is 22.9 Å². The molecule has 1 unspecified atom stereocenters. The lowest BCUT2D eigenvalue weighted by Crippen LogP contribution is -2.33. The lowest BCUT2D eigenvalue weighted by atomic mass is 10.1. The van der Waals surface area contributed by atoms with Gasteiger partial charge in [0.15, 0.2) is 0 Å². The highest BCUT2D eigenvalue weighted by Gasteiger charge is 2.42. The molecule has 2 aromatic carbocycles. The first kappa shape index (κ1) is 26.4. The number of H-pyrrole nitrogens is 1. The van der Waals surface area contributed by atoms with E-state index in [-0.39, 0.29) is 30.9 Å². The fourth-order valence-corrected chi connectivity index (χ4v) is 4.01. The van der Waals surface area contributed by atoms with Crippen molar-refractivity contribution in [2.45, 2.75) is 26.1 Å². The third-order valence-electron chi connectivity index (χ3n) is 5.20. The second-order valence-corrected chi connectivity index (χ2v) is 9.77. The number of aryl methyl sites for hydroxylation is 2. The van der Waals surface area contributed by atoms with E-state index in [0.29, 0.717) is 5.75 Å². The number of alkyl halides is 3. The summed E-state index contributed by atoms with van der Waals surface area (Å²) in [5.74, 6) is -1.72. The Morgan fingerprint density at radius 3 is 2.57 bits per heavy atom. The summed E-state index contributed by atoms with van der Waals surface area (Å²) in [5, 5.41) is 4.01. The minimum atomic E-state index is -5.17. The molecule has 0 spiro atoms. The normalized spacial score (nSPS) is 13.0. The van der Waals surface area contributed by atoms with Crippen LogP contribution in [0.5, 0.6) is 5.75 Å². The molecule has 1 aromatic heterocycles. The first-order valence-electron chi connectivity index (χ1n) is 10.6. The van der Waals surface area contributed by atoms with Crippen molar-refractivity contribution in [2.24, 2.45) is 0 Å². The van der Waals surface area contributed by atoms with Gasteiger partial charge in [0.2, 0.25) is 10.0 Å². The summed E-state index contributed by atoms with van der Waals surface area (Å²) in [6.07, 6.45) is -5.54. The maximum Gasteiger partial charge on any atom is 0.490 e. The minimum absolute atomic E-state index is 0.131. The molecular weight excluding hydrogens is 487 g/mol. The van der Waals surface area contributed by atoms with Gasteiger partial charge in [-0.3, -0.25) is 4.72 Å². The van der Waals surface area contributed by atoms with Crippen LogP contribution in [0.15, 0.2) is 42.5 Å². The van der Waals surface area contributed by atoms with Crippen molar-refractivity contribution in [2.75, 3.05) is 30.7 Å². The molecule has 0 fully saturated rings. The largest absolute Gasteiger partial charge is 0.492 e. The molecule has 8 nitrogen and oxygen atoms in total. The van der Waals surface area contributed by atoms with Crippen molar-refractivity contribution in [1.29, 1.82) is 0 Å². The van der Waals surface area contributed by atoms with Crippen LogP contribution in [0.4, 0.5) is 18.9 Å². The topological polar surface area (TPSA) is 110 Å². The Bertz CT molecular complexity index is 1310. The average Bonchev–Trinajstić information content (AvgIpc) is 3.03. The first-order valence-corrected chi connectivity index (χ1v) is 12.5. The van der Waals surface area contributed by atoms with Gasteiger partial charge in [-0.2, -0.15) is 13.2 Å². The Labute approximate surface area is 200 Å². The number of aromatic nitrogens is 1. The number of ether oxygens (including phenoxy) is 2. The van der Waals surface area contributed by atoms with E-state index < -0.39 is 28.3 Å². The van der Waals surface area contributed by atoms with Crippen molar-refractivity contribution < 1.29 is 35.9 Å². The van der Waals surface area contributed by atoms with Gasteiger partial charge >= 0.3 is 12.1 Å². The zero-order valence-corrected chi connectivity index (χ0v) is 20.1. The Hall–Kier alpha value is -3.25. The number of esters is 1. The molecule has 190 valence electrons. The molecule has 3 aromatic rings. The predicted octanol–water partition coefficient (Wildman–Crippen LogP) is 3.97. The van der Waals surface area contributed by atoms with E-state index in [1.807, 2.05) is 32.0 Å². The maximum atomic E-state index is 12.8. The van der Waals surface area contributed by atoms with Gasteiger partial charge in [0.05, 0.1) is 6.26 Å². The number of carbonyl (C=O) groups excluding carboxylic acids is 1. The monoisotopic (exact) mass is 513 g/mol. The SMILES string of the molecule is Cc1[nH]c2cc(OCCNCC(OC(=O)C(F)(F)F)c3cccc(NS(C)(=O)=O)c3)ccc2c1C. The molecule has 12 heteroatoms. The summed E-state index contributed by atoms with van der Waals surface area (Å²) < 4.78 is 73.9. The summed E-state index contributed by atoms with van der Waals surface area (Å²) in [4.78, 5) is 14.7. The molecule has 35 heavy (non-hydrogen) atoms. The van der Waals surface area contributed by atoms with Crippen molar-refractivity contribution in [3.05, 3.63) is 59.3 Å². The Morgan fingerprint density at radius 1 is 1.14 bits per heavy atom. The summed E-state index contributed by atoms with van der Waals surface area (Å²) in [6.45, 7) is 4.31. The van der Waals surface area contributed by atoms with Gasteiger partial charge < -0.3 is 19.8 Å². The van der Waals surface area contributed by atoms with Crippen LogP contribution >= 0.6 is 0 Å². The molecule has 3 N–H and O–H groups in total. The van der Waals surface area contributed by atoms with E-state index in [2.05, 4.69) is 19.8 Å². The number of nitrogens with one attached hydrogen (secondary N) is 3. The summed E-state index contributed by atoms with van der Waals surface area (Å²) in [6, 6.07) is 11.3. The maximum absolute atomic E-state index is 12.8. The van der Waals surface area contributed by atoms with Crippen molar-refractivity contribution in [3.8, 4) is 5.75 Å². The summed E-state index contributed by atoms with van der Waals surface area (Å²) in [7, 11) is -3.60. The van der Waals surface area contributed by atoms with Gasteiger partial charge in [-0.1, -0.05) is 12.1 Å². The molecule has 1 heterocycles. The highest BCUT2D eigenvalue weighted by molar-refractivity contribution is 7.92. The van der Waals surface area contributed by atoms with Crippen molar-refractivity contribution in [1.82, 2.24) is 10.3 Å². The lowest BCUT2D eigenvalue weighted by molar-refractivity contribution is -0.205. The van der Waals surface area contributed by atoms with Gasteiger partial charge in [-0.05, 0) is 49.2 Å². The molecule has 0 aliphatic carbocycles. The van der Waals surface area contributed by atoms with E-state index in [0.717, 1.165) is 28.4 Å². The number of sulfonamides is 1. The highest BCUT2D eigenvalue weighted by atomic mass is 32.2. The van der Waals surface area contributed by atoms with E-state index in [9.17, 15) is 26.4 Å². The van der Waals surface area contributed by atoms with Gasteiger partial charge in [0.25, 0.3) is 0 Å². The number of hydrogen-bond acceptors (Lipinski definition) is 6. The lowest BCUT2D eigenvalue weighted by Gasteiger charge is -2.20. The summed E-state index contributed by atoms with van der Waals surface area (Å²) >= 11 is 0. The Kier molecular flexibility index (Phi) is 7.96. The van der Waals surface area contributed by atoms with Gasteiger partial charge in [-0.25, -0.2) is 13.2 Å². The molecule has 0 saturated carbocycles. The zero-order chi connectivity index (χ0) is 25.8. The first-order chi connectivity index (χ1) is 16.3. The van der Waals surface area contributed by atoms with Crippen LogP contribution in [0.2, 0.25) is 0 Å². The van der Waals surface area contributed by atoms with Crippen molar-refractivity contribution >= 4 is 32.6 Å². The highest BCUT2D eigenvalue weighted by Crippen LogP contribution is 2.27. The van der Waals surface area contributed by atoms with Crippen molar-refractivity contribution in [3.63, 3.8) is 0 Å². The molecule has 0 aliphatic rings. The fraction of sp³-hybridized carbons (Fsp3) is 0.348.